The zero-order valence-electron chi connectivity index (χ0n) is 18.5. The van der Waals surface area contributed by atoms with E-state index in [1.807, 2.05) is 0 Å². The van der Waals surface area contributed by atoms with Gasteiger partial charge in [-0.25, -0.2) is 0 Å². The summed E-state index contributed by atoms with van der Waals surface area (Å²) in [5.74, 6) is -0.686. The van der Waals surface area contributed by atoms with Crippen LogP contribution in [-0.2, 0) is 11.3 Å². The van der Waals surface area contributed by atoms with Crippen LogP contribution in [0.3, 0.4) is 0 Å². The SMILES string of the molecule is CC1CN(CCCNC(=O)c2ccc(CN3C(=O)c4ccccc4C3=O)cc2)CC(C)O1. The maximum absolute atomic E-state index is 12.5. The highest BCUT2D eigenvalue weighted by molar-refractivity contribution is 6.21. The van der Waals surface area contributed by atoms with E-state index in [4.69, 9.17) is 4.74 Å². The molecule has 1 N–H and O–H groups in total. The smallest absolute Gasteiger partial charge is 0.261 e. The molecule has 0 aliphatic carbocycles. The highest BCUT2D eigenvalue weighted by atomic mass is 16.5. The highest BCUT2D eigenvalue weighted by Crippen LogP contribution is 2.24. The number of carbonyl (C=O) groups is 3. The van der Waals surface area contributed by atoms with Crippen LogP contribution in [0.15, 0.2) is 48.5 Å². The van der Waals surface area contributed by atoms with E-state index in [9.17, 15) is 14.4 Å². The molecule has 0 saturated carbocycles. The van der Waals surface area contributed by atoms with E-state index in [-0.39, 0.29) is 36.5 Å². The maximum Gasteiger partial charge on any atom is 0.261 e. The normalized spacial score (nSPS) is 21.0. The summed E-state index contributed by atoms with van der Waals surface area (Å²) in [4.78, 5) is 41.1. The Labute approximate surface area is 188 Å². The molecule has 32 heavy (non-hydrogen) atoms. The van der Waals surface area contributed by atoms with Crippen LogP contribution < -0.4 is 5.32 Å². The molecule has 2 aliphatic heterocycles. The summed E-state index contributed by atoms with van der Waals surface area (Å²) in [5, 5.41) is 2.96. The van der Waals surface area contributed by atoms with Crippen LogP contribution >= 0.6 is 0 Å². The Balaban J connectivity index is 1.25. The molecule has 7 nitrogen and oxygen atoms in total. The fraction of sp³-hybridized carbons (Fsp3) is 0.400. The molecule has 0 spiro atoms. The van der Waals surface area contributed by atoms with E-state index in [0.717, 1.165) is 31.6 Å². The minimum Gasteiger partial charge on any atom is -0.373 e. The third kappa shape index (κ3) is 4.89. The van der Waals surface area contributed by atoms with Gasteiger partial charge in [0.15, 0.2) is 0 Å². The van der Waals surface area contributed by atoms with Crippen molar-refractivity contribution < 1.29 is 19.1 Å². The third-order valence-corrected chi connectivity index (χ3v) is 5.87. The number of fused-ring (bicyclic) bond motifs is 1. The minimum atomic E-state index is -0.281. The maximum atomic E-state index is 12.5. The van der Waals surface area contributed by atoms with Gasteiger partial charge in [0.2, 0.25) is 0 Å². The molecule has 2 aliphatic rings. The average molecular weight is 436 g/mol. The zero-order chi connectivity index (χ0) is 22.7. The van der Waals surface area contributed by atoms with Crippen molar-refractivity contribution in [3.05, 3.63) is 70.8 Å². The quantitative estimate of drug-likeness (QED) is 0.534. The van der Waals surface area contributed by atoms with E-state index in [2.05, 4.69) is 24.1 Å². The fourth-order valence-electron chi connectivity index (χ4n) is 4.40. The number of nitrogens with zero attached hydrogens (tertiary/aromatic N) is 2. The number of amides is 3. The van der Waals surface area contributed by atoms with Gasteiger partial charge in [-0.15, -0.1) is 0 Å². The number of benzene rings is 2. The fourth-order valence-corrected chi connectivity index (χ4v) is 4.40. The molecule has 3 amide bonds. The van der Waals surface area contributed by atoms with Crippen LogP contribution in [0.1, 0.15) is 56.9 Å². The number of imide groups is 1. The van der Waals surface area contributed by atoms with Gasteiger partial charge in [-0.1, -0.05) is 24.3 Å². The Morgan fingerprint density at radius 3 is 2.16 bits per heavy atom. The van der Waals surface area contributed by atoms with Gasteiger partial charge in [0.1, 0.15) is 0 Å². The molecule has 4 rings (SSSR count). The van der Waals surface area contributed by atoms with E-state index in [1.165, 1.54) is 4.90 Å². The molecule has 0 aromatic heterocycles. The molecule has 7 heteroatoms. The van der Waals surface area contributed by atoms with Gasteiger partial charge in [-0.05, 0) is 50.1 Å². The molecule has 2 atom stereocenters. The Kier molecular flexibility index (Phi) is 6.67. The predicted octanol–water partition coefficient (Wildman–Crippen LogP) is 2.71. The number of carbonyl (C=O) groups excluding carboxylic acids is 3. The van der Waals surface area contributed by atoms with Gasteiger partial charge in [-0.2, -0.15) is 0 Å². The van der Waals surface area contributed by atoms with Gasteiger partial charge in [0, 0.05) is 31.7 Å². The summed E-state index contributed by atoms with van der Waals surface area (Å²) in [6, 6.07) is 13.9. The van der Waals surface area contributed by atoms with Crippen LogP contribution in [0, 0.1) is 0 Å². The second-order valence-corrected chi connectivity index (χ2v) is 8.57. The summed E-state index contributed by atoms with van der Waals surface area (Å²) in [6.45, 7) is 7.74. The van der Waals surface area contributed by atoms with Crippen molar-refractivity contribution in [2.24, 2.45) is 0 Å². The Morgan fingerprint density at radius 2 is 1.56 bits per heavy atom. The first-order chi connectivity index (χ1) is 15.4. The van der Waals surface area contributed by atoms with Gasteiger partial charge in [-0.3, -0.25) is 24.2 Å². The average Bonchev–Trinajstić information content (AvgIpc) is 3.01. The number of rotatable bonds is 7. The van der Waals surface area contributed by atoms with Crippen LogP contribution in [0.5, 0.6) is 0 Å². The Bertz CT molecular complexity index is 960. The molecule has 168 valence electrons. The Hall–Kier alpha value is -3.03. The summed E-state index contributed by atoms with van der Waals surface area (Å²) < 4.78 is 5.75. The first-order valence-electron chi connectivity index (χ1n) is 11.1. The van der Waals surface area contributed by atoms with Crippen molar-refractivity contribution in [2.45, 2.75) is 39.0 Å². The molecule has 2 heterocycles. The van der Waals surface area contributed by atoms with Crippen molar-refractivity contribution >= 4 is 17.7 Å². The molecule has 0 bridgehead atoms. The highest BCUT2D eigenvalue weighted by Gasteiger charge is 2.34. The van der Waals surface area contributed by atoms with Crippen LogP contribution in [0.25, 0.3) is 0 Å². The van der Waals surface area contributed by atoms with Crippen LogP contribution in [0.4, 0.5) is 0 Å². The lowest BCUT2D eigenvalue weighted by Crippen LogP contribution is -2.46. The zero-order valence-corrected chi connectivity index (χ0v) is 18.5. The standard InChI is InChI=1S/C25H29N3O4/c1-17-14-27(15-18(2)32-17)13-5-12-26-23(29)20-10-8-19(9-11-20)16-28-24(30)21-6-3-4-7-22(21)25(28)31/h3-4,6-11,17-18H,5,12-16H2,1-2H3,(H,26,29). The lowest BCUT2D eigenvalue weighted by atomic mass is 10.1. The second kappa shape index (κ2) is 9.63. The second-order valence-electron chi connectivity index (χ2n) is 8.57. The van der Waals surface area contributed by atoms with E-state index in [0.29, 0.717) is 23.2 Å². The number of nitrogens with one attached hydrogen (secondary N) is 1. The van der Waals surface area contributed by atoms with E-state index >= 15 is 0 Å². The van der Waals surface area contributed by atoms with E-state index in [1.54, 1.807) is 48.5 Å². The van der Waals surface area contributed by atoms with Crippen LogP contribution in [-0.4, -0.2) is 65.9 Å². The monoisotopic (exact) mass is 435 g/mol. The van der Waals surface area contributed by atoms with E-state index < -0.39 is 0 Å². The topological polar surface area (TPSA) is 79.0 Å². The minimum absolute atomic E-state index is 0.124. The van der Waals surface area contributed by atoms with Crippen molar-refractivity contribution in [1.82, 2.24) is 15.1 Å². The van der Waals surface area contributed by atoms with Gasteiger partial charge in [0.25, 0.3) is 17.7 Å². The number of ether oxygens (including phenoxy) is 1. The molecule has 1 fully saturated rings. The lowest BCUT2D eigenvalue weighted by molar-refractivity contribution is -0.0680. The summed E-state index contributed by atoms with van der Waals surface area (Å²) in [6.07, 6.45) is 1.36. The molecular formula is C25H29N3O4. The van der Waals surface area contributed by atoms with Gasteiger partial charge in [0.05, 0.1) is 29.9 Å². The van der Waals surface area contributed by atoms with Crippen molar-refractivity contribution in [3.63, 3.8) is 0 Å². The lowest BCUT2D eigenvalue weighted by Gasteiger charge is -2.35. The number of hydrogen-bond acceptors (Lipinski definition) is 5. The van der Waals surface area contributed by atoms with Gasteiger partial charge >= 0.3 is 0 Å². The largest absolute Gasteiger partial charge is 0.373 e. The molecular weight excluding hydrogens is 406 g/mol. The molecule has 2 unspecified atom stereocenters. The number of morpholine rings is 1. The first kappa shape index (κ1) is 22.2. The van der Waals surface area contributed by atoms with Gasteiger partial charge < -0.3 is 10.1 Å². The molecule has 0 radical (unpaired) electrons. The third-order valence-electron chi connectivity index (χ3n) is 5.87. The number of hydrogen-bond donors (Lipinski definition) is 1. The van der Waals surface area contributed by atoms with Crippen molar-refractivity contribution in [2.75, 3.05) is 26.2 Å². The molecule has 2 aromatic rings. The molecule has 2 aromatic carbocycles. The van der Waals surface area contributed by atoms with Crippen molar-refractivity contribution in [3.8, 4) is 0 Å². The summed E-state index contributed by atoms with van der Waals surface area (Å²) in [7, 11) is 0. The Morgan fingerprint density at radius 1 is 0.969 bits per heavy atom. The van der Waals surface area contributed by atoms with Crippen molar-refractivity contribution in [1.29, 1.82) is 0 Å². The molecule has 1 saturated heterocycles. The summed E-state index contributed by atoms with van der Waals surface area (Å²) >= 11 is 0. The van der Waals surface area contributed by atoms with Crippen LogP contribution in [0.2, 0.25) is 0 Å². The summed E-state index contributed by atoms with van der Waals surface area (Å²) in [5.41, 5.74) is 2.24. The first-order valence-corrected chi connectivity index (χ1v) is 11.1. The predicted molar refractivity (Wildman–Crippen MR) is 120 cm³/mol.